The maximum atomic E-state index is 4.50. The highest BCUT2D eigenvalue weighted by molar-refractivity contribution is 5.31. The lowest BCUT2D eigenvalue weighted by atomic mass is 9.97. The van der Waals surface area contributed by atoms with Crippen molar-refractivity contribution in [2.45, 2.75) is 26.3 Å². The predicted molar refractivity (Wildman–Crippen MR) is 79.1 cm³/mol. The van der Waals surface area contributed by atoms with Crippen LogP contribution in [-0.2, 0) is 13.5 Å². The normalized spacial score (nSPS) is 12.9. The van der Waals surface area contributed by atoms with Gasteiger partial charge in [0.15, 0.2) is 0 Å². The second-order valence-corrected chi connectivity index (χ2v) is 5.48. The van der Waals surface area contributed by atoms with Gasteiger partial charge in [0.05, 0.1) is 11.7 Å². The molecule has 0 saturated carbocycles. The first-order chi connectivity index (χ1) is 9.10. The van der Waals surface area contributed by atoms with E-state index in [9.17, 15) is 0 Å². The van der Waals surface area contributed by atoms with Crippen LogP contribution in [0.4, 0.5) is 0 Å². The Morgan fingerprint density at radius 1 is 1.26 bits per heavy atom. The van der Waals surface area contributed by atoms with Gasteiger partial charge in [-0.25, -0.2) is 0 Å². The number of hydrogen-bond acceptors (Lipinski definition) is 2. The average molecular weight is 257 g/mol. The van der Waals surface area contributed by atoms with Crippen molar-refractivity contribution in [2.75, 3.05) is 7.05 Å². The van der Waals surface area contributed by atoms with E-state index in [2.05, 4.69) is 54.6 Å². The van der Waals surface area contributed by atoms with E-state index in [4.69, 9.17) is 0 Å². The molecule has 1 atom stereocenters. The topological polar surface area (TPSA) is 29.9 Å². The number of aromatic nitrogens is 2. The molecule has 1 aromatic carbocycles. The number of benzene rings is 1. The third kappa shape index (κ3) is 3.44. The van der Waals surface area contributed by atoms with Crippen LogP contribution < -0.4 is 5.32 Å². The maximum Gasteiger partial charge on any atom is 0.0839 e. The van der Waals surface area contributed by atoms with Crippen molar-refractivity contribution in [1.29, 1.82) is 0 Å². The van der Waals surface area contributed by atoms with Gasteiger partial charge in [0, 0.05) is 13.2 Å². The van der Waals surface area contributed by atoms with Gasteiger partial charge in [-0.2, -0.15) is 5.10 Å². The van der Waals surface area contributed by atoms with Crippen LogP contribution in [0.2, 0.25) is 0 Å². The van der Waals surface area contributed by atoms with E-state index in [1.165, 1.54) is 11.1 Å². The SMILES string of the molecule is CNC(c1cccc(CC(C)C)c1)c1ccn(C)n1. The first-order valence-corrected chi connectivity index (χ1v) is 6.85. The highest BCUT2D eigenvalue weighted by Crippen LogP contribution is 2.22. The van der Waals surface area contributed by atoms with Crippen LogP contribution in [0, 0.1) is 5.92 Å². The van der Waals surface area contributed by atoms with Gasteiger partial charge in [0.25, 0.3) is 0 Å². The third-order valence-corrected chi connectivity index (χ3v) is 3.25. The molecule has 0 aliphatic rings. The minimum absolute atomic E-state index is 0.160. The van der Waals surface area contributed by atoms with Gasteiger partial charge in [-0.15, -0.1) is 0 Å². The van der Waals surface area contributed by atoms with Crippen molar-refractivity contribution in [1.82, 2.24) is 15.1 Å². The summed E-state index contributed by atoms with van der Waals surface area (Å²) in [7, 11) is 3.93. The second-order valence-electron chi connectivity index (χ2n) is 5.48. The van der Waals surface area contributed by atoms with Gasteiger partial charge in [-0.05, 0) is 36.6 Å². The molecule has 2 aromatic rings. The highest BCUT2D eigenvalue weighted by Gasteiger charge is 2.14. The van der Waals surface area contributed by atoms with Crippen molar-refractivity contribution in [2.24, 2.45) is 13.0 Å². The molecular weight excluding hydrogens is 234 g/mol. The number of nitrogens with one attached hydrogen (secondary N) is 1. The summed E-state index contributed by atoms with van der Waals surface area (Å²) in [5.41, 5.74) is 3.73. The van der Waals surface area contributed by atoms with Crippen LogP contribution in [0.1, 0.15) is 36.7 Å². The molecule has 1 unspecified atom stereocenters. The van der Waals surface area contributed by atoms with Gasteiger partial charge in [-0.1, -0.05) is 38.1 Å². The van der Waals surface area contributed by atoms with Crippen molar-refractivity contribution in [3.05, 3.63) is 53.3 Å². The lowest BCUT2D eigenvalue weighted by molar-refractivity contribution is 0.632. The summed E-state index contributed by atoms with van der Waals surface area (Å²) in [6.45, 7) is 4.50. The number of rotatable bonds is 5. The Labute approximate surface area is 115 Å². The zero-order valence-electron chi connectivity index (χ0n) is 12.2. The Morgan fingerprint density at radius 2 is 2.05 bits per heavy atom. The van der Waals surface area contributed by atoms with Gasteiger partial charge in [-0.3, -0.25) is 4.68 Å². The molecule has 1 N–H and O–H groups in total. The average Bonchev–Trinajstić information content (AvgIpc) is 2.76. The van der Waals surface area contributed by atoms with Crippen LogP contribution in [0.25, 0.3) is 0 Å². The summed E-state index contributed by atoms with van der Waals surface area (Å²) < 4.78 is 1.84. The van der Waals surface area contributed by atoms with E-state index in [-0.39, 0.29) is 6.04 Å². The maximum absolute atomic E-state index is 4.50. The molecule has 3 nitrogen and oxygen atoms in total. The van der Waals surface area contributed by atoms with Crippen LogP contribution in [-0.4, -0.2) is 16.8 Å². The van der Waals surface area contributed by atoms with Crippen LogP contribution in [0.15, 0.2) is 36.5 Å². The van der Waals surface area contributed by atoms with E-state index in [0.717, 1.165) is 12.1 Å². The highest BCUT2D eigenvalue weighted by atomic mass is 15.3. The zero-order chi connectivity index (χ0) is 13.8. The van der Waals surface area contributed by atoms with E-state index in [1.807, 2.05) is 25.0 Å². The zero-order valence-corrected chi connectivity index (χ0v) is 12.2. The monoisotopic (exact) mass is 257 g/mol. The molecular formula is C16H23N3. The van der Waals surface area contributed by atoms with Gasteiger partial charge < -0.3 is 5.32 Å². The lowest BCUT2D eigenvalue weighted by Crippen LogP contribution is -2.18. The number of aryl methyl sites for hydroxylation is 1. The van der Waals surface area contributed by atoms with E-state index in [0.29, 0.717) is 5.92 Å². The second kappa shape index (κ2) is 6.02. The van der Waals surface area contributed by atoms with E-state index >= 15 is 0 Å². The Hall–Kier alpha value is -1.61. The largest absolute Gasteiger partial charge is 0.308 e. The molecule has 1 aromatic heterocycles. The summed E-state index contributed by atoms with van der Waals surface area (Å²) in [6, 6.07) is 11.0. The molecule has 2 rings (SSSR count). The summed E-state index contributed by atoms with van der Waals surface area (Å²) in [4.78, 5) is 0. The summed E-state index contributed by atoms with van der Waals surface area (Å²) in [5, 5.41) is 7.86. The minimum atomic E-state index is 0.160. The minimum Gasteiger partial charge on any atom is -0.308 e. The molecule has 0 fully saturated rings. The van der Waals surface area contributed by atoms with Crippen molar-refractivity contribution in [3.8, 4) is 0 Å². The van der Waals surface area contributed by atoms with Crippen molar-refractivity contribution in [3.63, 3.8) is 0 Å². The van der Waals surface area contributed by atoms with Crippen molar-refractivity contribution < 1.29 is 0 Å². The van der Waals surface area contributed by atoms with Crippen molar-refractivity contribution >= 4 is 0 Å². The molecule has 0 radical (unpaired) electrons. The Morgan fingerprint density at radius 3 is 2.63 bits per heavy atom. The Kier molecular flexibility index (Phi) is 4.38. The fourth-order valence-corrected chi connectivity index (χ4v) is 2.44. The first kappa shape index (κ1) is 13.8. The fourth-order valence-electron chi connectivity index (χ4n) is 2.44. The van der Waals surface area contributed by atoms with Gasteiger partial charge in [0.2, 0.25) is 0 Å². The number of nitrogens with zero attached hydrogens (tertiary/aromatic N) is 2. The Balaban J connectivity index is 2.28. The smallest absolute Gasteiger partial charge is 0.0839 e. The predicted octanol–water partition coefficient (Wildman–Crippen LogP) is 2.93. The van der Waals surface area contributed by atoms with Gasteiger partial charge in [0.1, 0.15) is 0 Å². The summed E-state index contributed by atoms with van der Waals surface area (Å²) >= 11 is 0. The fraction of sp³-hybridized carbons (Fsp3) is 0.438. The molecule has 0 saturated heterocycles. The number of hydrogen-bond donors (Lipinski definition) is 1. The molecule has 0 aliphatic carbocycles. The molecule has 0 spiro atoms. The van der Waals surface area contributed by atoms with Crippen LogP contribution in [0.3, 0.4) is 0 Å². The van der Waals surface area contributed by atoms with E-state index in [1.54, 1.807) is 0 Å². The molecule has 0 amide bonds. The summed E-state index contributed by atoms with van der Waals surface area (Å²) in [5.74, 6) is 0.679. The molecule has 102 valence electrons. The quantitative estimate of drug-likeness (QED) is 0.892. The molecule has 19 heavy (non-hydrogen) atoms. The van der Waals surface area contributed by atoms with Gasteiger partial charge >= 0.3 is 0 Å². The molecule has 3 heteroatoms. The molecule has 0 aliphatic heterocycles. The van der Waals surface area contributed by atoms with Crippen LogP contribution >= 0.6 is 0 Å². The van der Waals surface area contributed by atoms with Crippen LogP contribution in [0.5, 0.6) is 0 Å². The standard InChI is InChI=1S/C16H23N3/c1-12(2)10-13-6-5-7-14(11-13)16(17-3)15-8-9-19(4)18-15/h5-9,11-12,16-17H,10H2,1-4H3. The molecule has 1 heterocycles. The summed E-state index contributed by atoms with van der Waals surface area (Å²) in [6.07, 6.45) is 3.10. The Bertz CT molecular complexity index is 528. The van der Waals surface area contributed by atoms with E-state index < -0.39 is 0 Å². The third-order valence-electron chi connectivity index (χ3n) is 3.25. The lowest BCUT2D eigenvalue weighted by Gasteiger charge is -2.16. The first-order valence-electron chi connectivity index (χ1n) is 6.85. The molecule has 0 bridgehead atoms.